The van der Waals surface area contributed by atoms with Crippen molar-refractivity contribution in [3.63, 3.8) is 0 Å². The van der Waals surface area contributed by atoms with E-state index in [1.165, 1.54) is 11.3 Å². The number of benzene rings is 2. The van der Waals surface area contributed by atoms with Crippen molar-refractivity contribution in [3.05, 3.63) is 74.6 Å². The van der Waals surface area contributed by atoms with Gasteiger partial charge in [0.15, 0.2) is 0 Å². The molecule has 6 heteroatoms. The molecule has 128 valence electrons. The third kappa shape index (κ3) is 5.14. The smallest absolute Gasteiger partial charge is 0.230 e. The Morgan fingerprint density at radius 3 is 2.80 bits per heavy atom. The summed E-state index contributed by atoms with van der Waals surface area (Å²) in [6, 6.07) is 15.3. The van der Waals surface area contributed by atoms with Crippen LogP contribution in [0.3, 0.4) is 0 Å². The largest absolute Gasteiger partial charge is 0.486 e. The number of rotatable bonds is 6. The number of hydrogen-bond acceptors (Lipinski definition) is 4. The van der Waals surface area contributed by atoms with Crippen LogP contribution in [-0.4, -0.2) is 10.9 Å². The first kappa shape index (κ1) is 17.6. The highest BCUT2D eigenvalue weighted by Crippen LogP contribution is 2.20. The van der Waals surface area contributed by atoms with Crippen LogP contribution in [0.4, 0.5) is 5.69 Å². The Hall–Kier alpha value is -2.18. The maximum atomic E-state index is 12.2. The van der Waals surface area contributed by atoms with Gasteiger partial charge in [0.2, 0.25) is 5.91 Å². The standard InChI is InChI=1S/C19H17BrN2O2S/c1-13-9-14(7-8-17(13)20)21-18(23)10-15-12-25-19(22-15)11-24-16-5-3-2-4-6-16/h2-9,12H,10-11H2,1H3,(H,21,23). The zero-order valence-corrected chi connectivity index (χ0v) is 16.1. The lowest BCUT2D eigenvalue weighted by Crippen LogP contribution is -2.14. The van der Waals surface area contributed by atoms with Crippen molar-refractivity contribution < 1.29 is 9.53 Å². The predicted molar refractivity (Wildman–Crippen MR) is 104 cm³/mol. The maximum absolute atomic E-state index is 12.2. The van der Waals surface area contributed by atoms with Gasteiger partial charge in [-0.05, 0) is 42.8 Å². The Labute approximate surface area is 159 Å². The van der Waals surface area contributed by atoms with Gasteiger partial charge in [-0.3, -0.25) is 4.79 Å². The highest BCUT2D eigenvalue weighted by atomic mass is 79.9. The average Bonchev–Trinajstić information content (AvgIpc) is 3.04. The fourth-order valence-electron chi connectivity index (χ4n) is 2.25. The Kier molecular flexibility index (Phi) is 5.83. The molecule has 0 unspecified atom stereocenters. The van der Waals surface area contributed by atoms with Crippen LogP contribution in [0.2, 0.25) is 0 Å². The van der Waals surface area contributed by atoms with Gasteiger partial charge in [0.1, 0.15) is 17.4 Å². The molecule has 25 heavy (non-hydrogen) atoms. The van der Waals surface area contributed by atoms with E-state index in [1.54, 1.807) is 0 Å². The van der Waals surface area contributed by atoms with Gasteiger partial charge in [0, 0.05) is 15.5 Å². The molecule has 0 bridgehead atoms. The minimum absolute atomic E-state index is 0.0810. The van der Waals surface area contributed by atoms with E-state index in [4.69, 9.17) is 4.74 Å². The second-order valence-corrected chi connectivity index (χ2v) is 7.32. The lowest BCUT2D eigenvalue weighted by Gasteiger charge is -2.06. The summed E-state index contributed by atoms with van der Waals surface area (Å²) in [5.41, 5.74) is 2.61. The number of ether oxygens (including phenoxy) is 1. The van der Waals surface area contributed by atoms with E-state index in [0.717, 1.165) is 32.2 Å². The van der Waals surface area contributed by atoms with Gasteiger partial charge in [-0.1, -0.05) is 34.1 Å². The topological polar surface area (TPSA) is 51.2 Å². The Balaban J connectivity index is 1.53. The first-order valence-electron chi connectivity index (χ1n) is 7.77. The van der Waals surface area contributed by atoms with Gasteiger partial charge >= 0.3 is 0 Å². The number of halogens is 1. The second kappa shape index (κ2) is 8.27. The number of anilines is 1. The zero-order chi connectivity index (χ0) is 17.6. The van der Waals surface area contributed by atoms with E-state index in [-0.39, 0.29) is 12.3 Å². The zero-order valence-electron chi connectivity index (χ0n) is 13.7. The molecule has 0 spiro atoms. The molecule has 1 heterocycles. The van der Waals surface area contributed by atoms with Gasteiger partial charge < -0.3 is 10.1 Å². The molecular weight excluding hydrogens is 400 g/mol. The van der Waals surface area contributed by atoms with Crippen molar-refractivity contribution in [1.29, 1.82) is 0 Å². The van der Waals surface area contributed by atoms with Crippen molar-refractivity contribution in [2.75, 3.05) is 5.32 Å². The SMILES string of the molecule is Cc1cc(NC(=O)Cc2csc(COc3ccccc3)n2)ccc1Br. The number of nitrogens with zero attached hydrogens (tertiary/aromatic N) is 1. The number of para-hydroxylation sites is 1. The molecule has 2 aromatic carbocycles. The quantitative estimate of drug-likeness (QED) is 0.616. The van der Waals surface area contributed by atoms with Crippen LogP contribution in [0.15, 0.2) is 58.4 Å². The van der Waals surface area contributed by atoms with E-state index in [1.807, 2.05) is 60.8 Å². The summed E-state index contributed by atoms with van der Waals surface area (Å²) in [7, 11) is 0. The van der Waals surface area contributed by atoms with Crippen LogP contribution in [0.5, 0.6) is 5.75 Å². The molecule has 1 aromatic heterocycles. The number of aryl methyl sites for hydroxylation is 1. The van der Waals surface area contributed by atoms with Crippen LogP contribution in [0.1, 0.15) is 16.3 Å². The fourth-order valence-corrected chi connectivity index (χ4v) is 3.20. The lowest BCUT2D eigenvalue weighted by molar-refractivity contribution is -0.115. The van der Waals surface area contributed by atoms with Crippen molar-refractivity contribution >= 4 is 38.9 Å². The summed E-state index contributed by atoms with van der Waals surface area (Å²) in [5.74, 6) is 0.727. The molecule has 1 amide bonds. The lowest BCUT2D eigenvalue weighted by atomic mass is 10.2. The van der Waals surface area contributed by atoms with Crippen molar-refractivity contribution in [1.82, 2.24) is 4.98 Å². The number of hydrogen-bond donors (Lipinski definition) is 1. The molecule has 0 radical (unpaired) electrons. The average molecular weight is 417 g/mol. The minimum Gasteiger partial charge on any atom is -0.486 e. The minimum atomic E-state index is -0.0810. The molecule has 3 aromatic rings. The third-order valence-electron chi connectivity index (χ3n) is 3.49. The number of nitrogens with one attached hydrogen (secondary N) is 1. The van der Waals surface area contributed by atoms with Crippen LogP contribution in [0, 0.1) is 6.92 Å². The van der Waals surface area contributed by atoms with E-state index in [0.29, 0.717) is 6.61 Å². The maximum Gasteiger partial charge on any atom is 0.230 e. The number of carbonyl (C=O) groups is 1. The van der Waals surface area contributed by atoms with Crippen LogP contribution in [0.25, 0.3) is 0 Å². The van der Waals surface area contributed by atoms with Crippen molar-refractivity contribution in [3.8, 4) is 5.75 Å². The monoisotopic (exact) mass is 416 g/mol. The van der Waals surface area contributed by atoms with Crippen LogP contribution < -0.4 is 10.1 Å². The molecule has 1 N–H and O–H groups in total. The number of amides is 1. The first-order chi connectivity index (χ1) is 12.1. The van der Waals surface area contributed by atoms with Gasteiger partial charge in [-0.2, -0.15) is 0 Å². The predicted octanol–water partition coefficient (Wildman–Crippen LogP) is 4.97. The van der Waals surface area contributed by atoms with E-state index in [2.05, 4.69) is 26.2 Å². The van der Waals surface area contributed by atoms with E-state index in [9.17, 15) is 4.79 Å². The molecule has 4 nitrogen and oxygen atoms in total. The third-order valence-corrected chi connectivity index (χ3v) is 5.25. The van der Waals surface area contributed by atoms with Gasteiger partial charge in [0.25, 0.3) is 0 Å². The molecule has 0 saturated carbocycles. The summed E-state index contributed by atoms with van der Waals surface area (Å²) in [6.07, 6.45) is 0.247. The number of aromatic nitrogens is 1. The summed E-state index contributed by atoms with van der Waals surface area (Å²) in [6.45, 7) is 2.39. The summed E-state index contributed by atoms with van der Waals surface area (Å²) < 4.78 is 6.69. The first-order valence-corrected chi connectivity index (χ1v) is 9.44. The van der Waals surface area contributed by atoms with Crippen molar-refractivity contribution in [2.24, 2.45) is 0 Å². The molecule has 0 fully saturated rings. The van der Waals surface area contributed by atoms with Gasteiger partial charge in [0.05, 0.1) is 12.1 Å². The number of thiazole rings is 1. The van der Waals surface area contributed by atoms with Crippen LogP contribution >= 0.6 is 27.3 Å². The van der Waals surface area contributed by atoms with Crippen molar-refractivity contribution in [2.45, 2.75) is 20.0 Å². The second-order valence-electron chi connectivity index (χ2n) is 5.52. The van der Waals surface area contributed by atoms with Gasteiger partial charge in [-0.25, -0.2) is 4.98 Å². The van der Waals surface area contributed by atoms with Gasteiger partial charge in [-0.15, -0.1) is 11.3 Å². The Morgan fingerprint density at radius 2 is 2.04 bits per heavy atom. The van der Waals surface area contributed by atoms with Crippen LogP contribution in [-0.2, 0) is 17.8 Å². The molecule has 0 aliphatic carbocycles. The van der Waals surface area contributed by atoms with E-state index >= 15 is 0 Å². The Morgan fingerprint density at radius 1 is 1.24 bits per heavy atom. The fraction of sp³-hybridized carbons (Fsp3) is 0.158. The molecule has 0 aliphatic heterocycles. The summed E-state index contributed by atoms with van der Waals surface area (Å²) in [4.78, 5) is 16.6. The Bertz CT molecular complexity index is 865. The normalized spacial score (nSPS) is 10.5. The number of carbonyl (C=O) groups excluding carboxylic acids is 1. The molecule has 3 rings (SSSR count). The summed E-state index contributed by atoms with van der Waals surface area (Å²) >= 11 is 4.95. The van der Waals surface area contributed by atoms with E-state index < -0.39 is 0 Å². The highest BCUT2D eigenvalue weighted by molar-refractivity contribution is 9.10. The molecule has 0 aliphatic rings. The summed E-state index contributed by atoms with van der Waals surface area (Å²) in [5, 5.41) is 5.65. The molecule has 0 atom stereocenters. The molecule has 0 saturated heterocycles. The highest BCUT2D eigenvalue weighted by Gasteiger charge is 2.09. The molecular formula is C19H17BrN2O2S.